The summed E-state index contributed by atoms with van der Waals surface area (Å²) in [6, 6.07) is 6.34. The third-order valence-electron chi connectivity index (χ3n) is 5.31. The number of carbonyl (C=O) groups excluding carboxylic acids is 2. The van der Waals surface area contributed by atoms with E-state index in [2.05, 4.69) is 5.32 Å². The van der Waals surface area contributed by atoms with Gasteiger partial charge in [0.05, 0.1) is 4.90 Å². The maximum Gasteiger partial charge on any atom is 0.253 e. The third kappa shape index (κ3) is 4.15. The zero-order valence-electron chi connectivity index (χ0n) is 15.7. The highest BCUT2D eigenvalue weighted by Gasteiger charge is 2.30. The summed E-state index contributed by atoms with van der Waals surface area (Å²) in [4.78, 5) is 27.6. The Morgan fingerprint density at radius 3 is 2.48 bits per heavy atom. The number of likely N-dealkylation sites (N-methyl/N-ethyl adjacent to an activating group) is 1. The molecule has 2 aliphatic rings. The Labute approximate surface area is 160 Å². The van der Waals surface area contributed by atoms with Crippen LogP contribution in [0.25, 0.3) is 0 Å². The quantitative estimate of drug-likeness (QED) is 0.775. The van der Waals surface area contributed by atoms with Crippen LogP contribution in [0.5, 0.6) is 0 Å². The van der Waals surface area contributed by atoms with Crippen LogP contribution in [0.1, 0.15) is 23.7 Å². The van der Waals surface area contributed by atoms with Crippen LogP contribution >= 0.6 is 0 Å². The second-order valence-corrected chi connectivity index (χ2v) is 8.94. The van der Waals surface area contributed by atoms with Gasteiger partial charge in [-0.3, -0.25) is 9.59 Å². The largest absolute Gasteiger partial charge is 0.340 e. The molecule has 1 atom stereocenters. The van der Waals surface area contributed by atoms with Crippen molar-refractivity contribution in [2.45, 2.75) is 24.3 Å². The number of benzene rings is 1. The Morgan fingerprint density at radius 2 is 1.89 bits per heavy atom. The molecule has 0 saturated carbocycles. The van der Waals surface area contributed by atoms with E-state index in [9.17, 15) is 18.0 Å². The first kappa shape index (κ1) is 19.8. The number of amides is 2. The van der Waals surface area contributed by atoms with Gasteiger partial charge in [0.15, 0.2) is 0 Å². The first-order chi connectivity index (χ1) is 12.8. The molecule has 2 fully saturated rings. The maximum absolute atomic E-state index is 13.0. The summed E-state index contributed by atoms with van der Waals surface area (Å²) < 4.78 is 27.3. The number of hydrogen-bond acceptors (Lipinski definition) is 5. The molecule has 0 radical (unpaired) electrons. The Morgan fingerprint density at radius 1 is 1.19 bits per heavy atom. The van der Waals surface area contributed by atoms with Crippen LogP contribution in [0.4, 0.5) is 0 Å². The normalized spacial score (nSPS) is 21.3. The van der Waals surface area contributed by atoms with Crippen molar-refractivity contribution in [3.8, 4) is 0 Å². The van der Waals surface area contributed by atoms with Gasteiger partial charge in [-0.2, -0.15) is 4.31 Å². The zero-order valence-corrected chi connectivity index (χ0v) is 16.5. The highest BCUT2D eigenvalue weighted by molar-refractivity contribution is 7.89. The number of piperazine rings is 1. The minimum Gasteiger partial charge on any atom is -0.340 e. The smallest absolute Gasteiger partial charge is 0.253 e. The van der Waals surface area contributed by atoms with Gasteiger partial charge >= 0.3 is 0 Å². The van der Waals surface area contributed by atoms with Gasteiger partial charge in [0.2, 0.25) is 15.9 Å². The molecule has 0 bridgehead atoms. The number of nitrogens with zero attached hydrogens (tertiary/aromatic N) is 3. The summed E-state index contributed by atoms with van der Waals surface area (Å²) >= 11 is 0. The summed E-state index contributed by atoms with van der Waals surface area (Å²) in [6.07, 6.45) is 0.890. The van der Waals surface area contributed by atoms with Crippen LogP contribution < -0.4 is 5.32 Å². The Hall–Kier alpha value is -1.97. The van der Waals surface area contributed by atoms with Crippen molar-refractivity contribution in [2.24, 2.45) is 0 Å². The topological polar surface area (TPSA) is 90.0 Å². The lowest BCUT2D eigenvalue weighted by Gasteiger charge is -2.33. The molecule has 148 valence electrons. The van der Waals surface area contributed by atoms with Crippen LogP contribution in [0.3, 0.4) is 0 Å². The van der Waals surface area contributed by atoms with Crippen LogP contribution in [-0.4, -0.2) is 86.7 Å². The average molecular weight is 394 g/mol. The van der Waals surface area contributed by atoms with Gasteiger partial charge in [-0.15, -0.1) is 0 Å². The second kappa shape index (κ2) is 7.95. The maximum atomic E-state index is 13.0. The Balaban J connectivity index is 1.76. The molecule has 2 amide bonds. The van der Waals surface area contributed by atoms with Crippen molar-refractivity contribution in [3.63, 3.8) is 0 Å². The number of sulfonamides is 1. The van der Waals surface area contributed by atoms with E-state index in [1.807, 2.05) is 0 Å². The highest BCUT2D eigenvalue weighted by Crippen LogP contribution is 2.20. The van der Waals surface area contributed by atoms with Gasteiger partial charge in [0.25, 0.3) is 5.91 Å². The van der Waals surface area contributed by atoms with E-state index in [4.69, 9.17) is 0 Å². The minimum absolute atomic E-state index is 0.0518. The van der Waals surface area contributed by atoms with Crippen LogP contribution in [-0.2, 0) is 14.8 Å². The van der Waals surface area contributed by atoms with Crippen LogP contribution in [0.2, 0.25) is 0 Å². The van der Waals surface area contributed by atoms with E-state index in [0.29, 0.717) is 18.7 Å². The van der Waals surface area contributed by atoms with Crippen molar-refractivity contribution in [2.75, 3.05) is 46.3 Å². The van der Waals surface area contributed by atoms with Gasteiger partial charge in [-0.25, -0.2) is 8.42 Å². The molecule has 0 aromatic heterocycles. The number of nitrogens with one attached hydrogen (secondary N) is 1. The van der Waals surface area contributed by atoms with Gasteiger partial charge in [-0.1, -0.05) is 6.07 Å². The van der Waals surface area contributed by atoms with Gasteiger partial charge < -0.3 is 15.1 Å². The van der Waals surface area contributed by atoms with Crippen molar-refractivity contribution < 1.29 is 18.0 Å². The molecule has 1 aromatic carbocycles. The van der Waals surface area contributed by atoms with Crippen LogP contribution in [0, 0.1) is 0 Å². The Kier molecular flexibility index (Phi) is 5.83. The van der Waals surface area contributed by atoms with E-state index in [0.717, 1.165) is 19.5 Å². The molecule has 2 heterocycles. The fraction of sp³-hybridized carbons (Fsp3) is 0.556. The number of carbonyl (C=O) groups is 2. The van der Waals surface area contributed by atoms with Crippen molar-refractivity contribution >= 4 is 21.8 Å². The summed E-state index contributed by atoms with van der Waals surface area (Å²) in [5, 5.41) is 3.23. The van der Waals surface area contributed by atoms with Gasteiger partial charge in [0, 0.05) is 58.3 Å². The molecule has 8 nitrogen and oxygen atoms in total. The van der Waals surface area contributed by atoms with E-state index in [1.54, 1.807) is 29.0 Å². The predicted molar refractivity (Wildman–Crippen MR) is 101 cm³/mol. The summed E-state index contributed by atoms with van der Waals surface area (Å²) in [7, 11) is -1.95. The predicted octanol–water partition coefficient (Wildman–Crippen LogP) is -0.0267. The molecule has 2 aliphatic heterocycles. The van der Waals surface area contributed by atoms with Crippen molar-refractivity contribution in [3.05, 3.63) is 29.8 Å². The average Bonchev–Trinajstić information content (AvgIpc) is 3.21. The van der Waals surface area contributed by atoms with E-state index >= 15 is 0 Å². The molecule has 3 rings (SSSR count). The summed E-state index contributed by atoms with van der Waals surface area (Å²) in [5.41, 5.74) is 0.368. The molecule has 1 N–H and O–H groups in total. The van der Waals surface area contributed by atoms with Crippen molar-refractivity contribution in [1.82, 2.24) is 19.4 Å². The summed E-state index contributed by atoms with van der Waals surface area (Å²) in [6.45, 7) is 4.38. The first-order valence-electron chi connectivity index (χ1n) is 9.14. The lowest BCUT2D eigenvalue weighted by atomic mass is 10.1. The zero-order chi connectivity index (χ0) is 19.6. The molecule has 2 saturated heterocycles. The molecule has 0 aliphatic carbocycles. The van der Waals surface area contributed by atoms with E-state index in [-0.39, 0.29) is 35.8 Å². The second-order valence-electron chi connectivity index (χ2n) is 7.00. The van der Waals surface area contributed by atoms with Gasteiger partial charge in [-0.05, 0) is 31.2 Å². The lowest BCUT2D eigenvalue weighted by molar-refractivity contribution is -0.129. The lowest BCUT2D eigenvalue weighted by Crippen LogP contribution is -2.49. The molecular weight excluding hydrogens is 368 g/mol. The Bertz CT molecular complexity index is 812. The summed E-state index contributed by atoms with van der Waals surface area (Å²) in [5.74, 6) is -0.230. The molecule has 1 unspecified atom stereocenters. The number of hydrogen-bond donors (Lipinski definition) is 1. The highest BCUT2D eigenvalue weighted by atomic mass is 32.2. The molecular formula is C18H26N4O4S. The van der Waals surface area contributed by atoms with E-state index < -0.39 is 10.0 Å². The van der Waals surface area contributed by atoms with Gasteiger partial charge in [0.1, 0.15) is 0 Å². The minimum atomic E-state index is -3.70. The first-order valence-corrected chi connectivity index (χ1v) is 10.6. The third-order valence-corrected chi connectivity index (χ3v) is 7.20. The number of rotatable bonds is 4. The fourth-order valence-corrected chi connectivity index (χ4v) is 4.99. The van der Waals surface area contributed by atoms with E-state index in [1.165, 1.54) is 23.4 Å². The van der Waals surface area contributed by atoms with Crippen LogP contribution in [0.15, 0.2) is 29.2 Å². The monoisotopic (exact) mass is 394 g/mol. The molecule has 27 heavy (non-hydrogen) atoms. The standard InChI is InChI=1S/C18H26N4O4S/c1-14(23)21-8-10-22(11-9-21)27(25,26)17-5-3-4-15(12-17)18(24)20(2)16-6-7-19-13-16/h3-5,12,16,19H,6-11,13H2,1-2H3. The van der Waals surface area contributed by atoms with Crippen molar-refractivity contribution in [1.29, 1.82) is 0 Å². The molecule has 0 spiro atoms. The SMILES string of the molecule is CC(=O)N1CCN(S(=O)(=O)c2cccc(C(=O)N(C)C3CCNC3)c2)CC1. The fourth-order valence-electron chi connectivity index (χ4n) is 3.52. The molecule has 1 aromatic rings. The molecule has 9 heteroatoms.